The fourth-order valence-electron chi connectivity index (χ4n) is 3.08. The van der Waals surface area contributed by atoms with Gasteiger partial charge in [-0.3, -0.25) is 14.2 Å². The van der Waals surface area contributed by atoms with Crippen molar-refractivity contribution < 1.29 is 13.2 Å². The summed E-state index contributed by atoms with van der Waals surface area (Å²) in [5.74, 6) is -0.297. The summed E-state index contributed by atoms with van der Waals surface area (Å²) in [7, 11) is -3.18. The molecule has 0 unspecified atom stereocenters. The summed E-state index contributed by atoms with van der Waals surface area (Å²) < 4.78 is 23.8. The summed E-state index contributed by atoms with van der Waals surface area (Å²) in [5, 5.41) is 4.26. The second-order valence-corrected chi connectivity index (χ2v) is 8.51. The van der Waals surface area contributed by atoms with Crippen LogP contribution < -0.4 is 16.6 Å². The first kappa shape index (κ1) is 19.1. The number of carbonyl (C=O) groups is 1. The molecule has 0 fully saturated rings. The molecular weight excluding hydrogens is 370 g/mol. The van der Waals surface area contributed by atoms with Crippen molar-refractivity contribution in [2.75, 3.05) is 5.75 Å². The lowest BCUT2D eigenvalue weighted by molar-refractivity contribution is -0.121. The minimum absolute atomic E-state index is 0.0909. The van der Waals surface area contributed by atoms with Crippen molar-refractivity contribution in [3.63, 3.8) is 0 Å². The quantitative estimate of drug-likeness (QED) is 0.673. The lowest BCUT2D eigenvalue weighted by Crippen LogP contribution is -2.35. The highest BCUT2D eigenvalue weighted by Gasteiger charge is 2.22. The molecule has 1 aromatic carbocycles. The Labute approximate surface area is 155 Å². The predicted molar refractivity (Wildman–Crippen MR) is 102 cm³/mol. The van der Waals surface area contributed by atoms with Gasteiger partial charge in [0.05, 0.1) is 22.7 Å². The Kier molecular flexibility index (Phi) is 5.59. The molecule has 2 N–H and O–H groups in total. The number of hydrogen-bond acceptors (Lipinski definition) is 5. The molecule has 144 valence electrons. The van der Waals surface area contributed by atoms with E-state index in [1.807, 2.05) is 0 Å². The van der Waals surface area contributed by atoms with E-state index in [1.165, 1.54) is 10.6 Å². The largest absolute Gasteiger partial charge is 0.349 e. The Hall–Kier alpha value is -2.68. The van der Waals surface area contributed by atoms with E-state index < -0.39 is 21.6 Å². The lowest BCUT2D eigenvalue weighted by atomic mass is 10.1. The SMILES string of the molecule is O=C(CCCCCn1c(=O)[nH]c2ccccc2c1=O)N[C@@H]1C=CS(=O)(=O)C1. The molecule has 27 heavy (non-hydrogen) atoms. The van der Waals surface area contributed by atoms with Gasteiger partial charge in [0.15, 0.2) is 9.84 Å². The van der Waals surface area contributed by atoms with Crippen LogP contribution in [0.5, 0.6) is 0 Å². The van der Waals surface area contributed by atoms with Gasteiger partial charge in [-0.1, -0.05) is 18.6 Å². The number of H-pyrrole nitrogens is 1. The number of aromatic amines is 1. The predicted octanol–water partition coefficient (Wildman–Crippen LogP) is 0.677. The van der Waals surface area contributed by atoms with Gasteiger partial charge in [-0.25, -0.2) is 13.2 Å². The molecule has 1 aliphatic heterocycles. The first-order valence-electron chi connectivity index (χ1n) is 8.78. The van der Waals surface area contributed by atoms with Gasteiger partial charge in [0, 0.05) is 18.4 Å². The number of aromatic nitrogens is 2. The van der Waals surface area contributed by atoms with Crippen molar-refractivity contribution in [2.45, 2.75) is 38.3 Å². The number of nitrogens with zero attached hydrogens (tertiary/aromatic N) is 1. The zero-order valence-electron chi connectivity index (χ0n) is 14.7. The Balaban J connectivity index is 1.46. The maximum Gasteiger partial charge on any atom is 0.328 e. The molecule has 1 aliphatic rings. The summed E-state index contributed by atoms with van der Waals surface area (Å²) in [4.78, 5) is 39.0. The van der Waals surface area contributed by atoms with Crippen LogP contribution in [0.3, 0.4) is 0 Å². The number of unbranched alkanes of at least 4 members (excludes halogenated alkanes) is 2. The second-order valence-electron chi connectivity index (χ2n) is 6.58. The fraction of sp³-hybridized carbons (Fsp3) is 0.389. The standard InChI is InChI=1S/C18H21N3O5S/c22-16(19-13-9-11-27(25,26)12-13)8-2-1-5-10-21-17(23)14-6-3-4-7-15(14)20-18(21)24/h3-4,6-7,9,11,13H,1-2,5,8,10,12H2,(H,19,22)(H,20,24)/t13-/m1/s1. The van der Waals surface area contributed by atoms with Crippen molar-refractivity contribution in [2.24, 2.45) is 0 Å². The Bertz CT molecular complexity index is 1100. The highest BCUT2D eigenvalue weighted by Crippen LogP contribution is 2.09. The van der Waals surface area contributed by atoms with E-state index in [9.17, 15) is 22.8 Å². The van der Waals surface area contributed by atoms with E-state index in [-0.39, 0.29) is 30.2 Å². The molecule has 0 radical (unpaired) electrons. The van der Waals surface area contributed by atoms with Gasteiger partial charge in [-0.2, -0.15) is 0 Å². The number of hydrogen-bond donors (Lipinski definition) is 2. The van der Waals surface area contributed by atoms with Crippen LogP contribution in [0.4, 0.5) is 0 Å². The average molecular weight is 391 g/mol. The van der Waals surface area contributed by atoms with Gasteiger partial charge in [-0.05, 0) is 31.1 Å². The van der Waals surface area contributed by atoms with E-state index in [1.54, 1.807) is 24.3 Å². The first-order valence-corrected chi connectivity index (χ1v) is 10.5. The van der Waals surface area contributed by atoms with Crippen LogP contribution in [0, 0.1) is 0 Å². The molecule has 0 aliphatic carbocycles. The number of nitrogens with one attached hydrogen (secondary N) is 2. The summed E-state index contributed by atoms with van der Waals surface area (Å²) in [5.41, 5.74) is -0.240. The molecule has 3 rings (SSSR count). The number of para-hydroxylation sites is 1. The van der Waals surface area contributed by atoms with Gasteiger partial charge in [0.2, 0.25) is 5.91 Å². The third kappa shape index (κ3) is 4.73. The van der Waals surface area contributed by atoms with Crippen LogP contribution in [-0.2, 0) is 21.2 Å². The van der Waals surface area contributed by atoms with E-state index in [0.717, 1.165) is 5.41 Å². The minimum Gasteiger partial charge on any atom is -0.349 e. The van der Waals surface area contributed by atoms with Crippen molar-refractivity contribution >= 4 is 26.6 Å². The molecular formula is C18H21N3O5S. The number of rotatable bonds is 7. The Morgan fingerprint density at radius 3 is 2.70 bits per heavy atom. The normalized spacial score (nSPS) is 18.0. The highest BCUT2D eigenvalue weighted by molar-refractivity contribution is 7.94. The zero-order chi connectivity index (χ0) is 19.4. The van der Waals surface area contributed by atoms with Gasteiger partial charge in [0.1, 0.15) is 0 Å². The molecule has 0 spiro atoms. The average Bonchev–Trinajstić information content (AvgIpc) is 2.95. The maximum absolute atomic E-state index is 12.4. The van der Waals surface area contributed by atoms with Crippen LogP contribution in [0.1, 0.15) is 25.7 Å². The number of fused-ring (bicyclic) bond motifs is 1. The molecule has 0 saturated carbocycles. The monoisotopic (exact) mass is 391 g/mol. The topological polar surface area (TPSA) is 118 Å². The maximum atomic E-state index is 12.4. The number of amides is 1. The molecule has 0 saturated heterocycles. The van der Waals surface area contributed by atoms with Crippen LogP contribution in [-0.4, -0.2) is 35.7 Å². The lowest BCUT2D eigenvalue weighted by Gasteiger charge is -2.10. The van der Waals surface area contributed by atoms with E-state index >= 15 is 0 Å². The Morgan fingerprint density at radius 2 is 1.96 bits per heavy atom. The molecule has 0 bridgehead atoms. The van der Waals surface area contributed by atoms with Crippen LogP contribution in [0.15, 0.2) is 45.3 Å². The molecule has 2 heterocycles. The highest BCUT2D eigenvalue weighted by atomic mass is 32.2. The molecule has 1 amide bonds. The van der Waals surface area contributed by atoms with Crippen LogP contribution >= 0.6 is 0 Å². The first-order chi connectivity index (χ1) is 12.9. The second kappa shape index (κ2) is 7.91. The smallest absolute Gasteiger partial charge is 0.328 e. The molecule has 1 atom stereocenters. The minimum atomic E-state index is -3.18. The Morgan fingerprint density at radius 1 is 1.19 bits per heavy atom. The summed E-state index contributed by atoms with van der Waals surface area (Å²) >= 11 is 0. The fourth-order valence-corrected chi connectivity index (χ4v) is 4.31. The van der Waals surface area contributed by atoms with Crippen molar-refractivity contribution in [1.29, 1.82) is 0 Å². The number of carbonyl (C=O) groups excluding carboxylic acids is 1. The third-order valence-electron chi connectivity index (χ3n) is 4.45. The number of sulfone groups is 1. The molecule has 1 aromatic heterocycles. The zero-order valence-corrected chi connectivity index (χ0v) is 15.5. The van der Waals surface area contributed by atoms with Gasteiger partial charge in [-0.15, -0.1) is 0 Å². The third-order valence-corrected chi connectivity index (χ3v) is 5.85. The molecule has 8 nitrogen and oxygen atoms in total. The van der Waals surface area contributed by atoms with Gasteiger partial charge in [0.25, 0.3) is 5.56 Å². The molecule has 9 heteroatoms. The van der Waals surface area contributed by atoms with Crippen LogP contribution in [0.25, 0.3) is 10.9 Å². The van der Waals surface area contributed by atoms with E-state index in [0.29, 0.717) is 30.2 Å². The summed E-state index contributed by atoms with van der Waals surface area (Å²) in [6.07, 6.45) is 3.60. The van der Waals surface area contributed by atoms with Gasteiger partial charge < -0.3 is 10.3 Å². The molecule has 2 aromatic rings. The van der Waals surface area contributed by atoms with E-state index in [2.05, 4.69) is 10.3 Å². The van der Waals surface area contributed by atoms with Crippen molar-refractivity contribution in [1.82, 2.24) is 14.9 Å². The summed E-state index contributed by atoms with van der Waals surface area (Å²) in [6, 6.07) is 6.40. The number of benzene rings is 1. The summed E-state index contributed by atoms with van der Waals surface area (Å²) in [6.45, 7) is 0.282. The van der Waals surface area contributed by atoms with Gasteiger partial charge >= 0.3 is 5.69 Å². The van der Waals surface area contributed by atoms with Crippen molar-refractivity contribution in [3.05, 3.63) is 56.6 Å². The van der Waals surface area contributed by atoms with E-state index in [4.69, 9.17) is 0 Å². The van der Waals surface area contributed by atoms with Crippen LogP contribution in [0.2, 0.25) is 0 Å². The van der Waals surface area contributed by atoms with Crippen molar-refractivity contribution in [3.8, 4) is 0 Å².